The summed E-state index contributed by atoms with van der Waals surface area (Å²) in [7, 11) is -3.55. The Bertz CT molecular complexity index is 793. The summed E-state index contributed by atoms with van der Waals surface area (Å²) in [5.74, 6) is -0.685. The molecule has 156 valence electrons. The maximum Gasteiger partial charge on any atom is 0.405 e. The second-order valence-corrected chi connectivity index (χ2v) is 9.02. The molecule has 1 aromatic rings. The number of piperidine rings is 1. The molecule has 2 aliphatic heterocycles. The summed E-state index contributed by atoms with van der Waals surface area (Å²) in [5.41, 5.74) is 0. The van der Waals surface area contributed by atoms with Crippen molar-refractivity contribution in [2.75, 3.05) is 37.6 Å². The standard InChI is InChI=1S/C17H23F3N4O3S/c18-17(19,20)12-22-16(25)13-4-3-7-23(11-13)15-6-5-14(10-21-15)28(26,27)24-8-1-2-9-24/h5-6,10,13H,1-4,7-9,11-12H2,(H,22,25). The van der Waals surface area contributed by atoms with Crippen molar-refractivity contribution in [1.82, 2.24) is 14.6 Å². The normalized spacial score (nSPS) is 21.7. The molecule has 1 amide bonds. The van der Waals surface area contributed by atoms with Crippen molar-refractivity contribution in [3.63, 3.8) is 0 Å². The summed E-state index contributed by atoms with van der Waals surface area (Å²) in [5, 5.41) is 1.93. The number of nitrogens with one attached hydrogen (secondary N) is 1. The van der Waals surface area contributed by atoms with Gasteiger partial charge in [-0.3, -0.25) is 4.79 Å². The number of carbonyl (C=O) groups excluding carboxylic acids is 1. The minimum atomic E-state index is -4.44. The van der Waals surface area contributed by atoms with Crippen LogP contribution in [-0.4, -0.2) is 62.5 Å². The van der Waals surface area contributed by atoms with Crippen LogP contribution in [0.2, 0.25) is 0 Å². The number of hydrogen-bond acceptors (Lipinski definition) is 5. The summed E-state index contributed by atoms with van der Waals surface area (Å²) in [6.45, 7) is 0.517. The Morgan fingerprint density at radius 1 is 1.18 bits per heavy atom. The largest absolute Gasteiger partial charge is 0.405 e. The van der Waals surface area contributed by atoms with Crippen molar-refractivity contribution in [2.45, 2.75) is 36.8 Å². The lowest BCUT2D eigenvalue weighted by Crippen LogP contribution is -2.45. The Morgan fingerprint density at radius 3 is 2.50 bits per heavy atom. The first-order chi connectivity index (χ1) is 13.2. The highest BCUT2D eigenvalue weighted by molar-refractivity contribution is 7.89. The van der Waals surface area contributed by atoms with Gasteiger partial charge in [0.1, 0.15) is 17.3 Å². The minimum absolute atomic E-state index is 0.120. The number of nitrogens with zero attached hydrogens (tertiary/aromatic N) is 3. The molecule has 0 radical (unpaired) electrons. The van der Waals surface area contributed by atoms with Gasteiger partial charge in [-0.05, 0) is 37.8 Å². The highest BCUT2D eigenvalue weighted by Gasteiger charge is 2.32. The molecule has 1 aromatic heterocycles. The fraction of sp³-hybridized carbons (Fsp3) is 0.647. The van der Waals surface area contributed by atoms with Gasteiger partial charge in [-0.1, -0.05) is 0 Å². The molecule has 1 atom stereocenters. The third-order valence-corrected chi connectivity index (χ3v) is 6.88. The van der Waals surface area contributed by atoms with E-state index in [-0.39, 0.29) is 11.4 Å². The molecule has 0 aromatic carbocycles. The molecular weight excluding hydrogens is 397 g/mol. The molecule has 0 aliphatic carbocycles. The summed E-state index contributed by atoms with van der Waals surface area (Å²) in [6.07, 6.45) is -0.313. The van der Waals surface area contributed by atoms with Crippen LogP contribution >= 0.6 is 0 Å². The molecule has 7 nitrogen and oxygen atoms in total. The molecule has 28 heavy (non-hydrogen) atoms. The van der Waals surface area contributed by atoms with Crippen LogP contribution in [0.3, 0.4) is 0 Å². The lowest BCUT2D eigenvalue weighted by molar-refractivity contribution is -0.140. The first-order valence-electron chi connectivity index (χ1n) is 9.22. The van der Waals surface area contributed by atoms with Gasteiger partial charge in [0.25, 0.3) is 0 Å². The van der Waals surface area contributed by atoms with Gasteiger partial charge in [-0.25, -0.2) is 13.4 Å². The Morgan fingerprint density at radius 2 is 1.89 bits per heavy atom. The number of aromatic nitrogens is 1. The first kappa shape index (κ1) is 20.8. The Hall–Kier alpha value is -1.88. The van der Waals surface area contributed by atoms with Crippen LogP contribution in [0.1, 0.15) is 25.7 Å². The van der Waals surface area contributed by atoms with E-state index in [1.807, 2.05) is 5.32 Å². The molecular formula is C17H23F3N4O3S. The van der Waals surface area contributed by atoms with E-state index in [0.29, 0.717) is 38.3 Å². The first-order valence-corrected chi connectivity index (χ1v) is 10.7. The number of sulfonamides is 1. The van der Waals surface area contributed by atoms with E-state index in [9.17, 15) is 26.4 Å². The maximum absolute atomic E-state index is 12.5. The van der Waals surface area contributed by atoms with Crippen molar-refractivity contribution in [3.05, 3.63) is 18.3 Å². The van der Waals surface area contributed by atoms with E-state index in [4.69, 9.17) is 0 Å². The highest BCUT2D eigenvalue weighted by Crippen LogP contribution is 2.25. The predicted molar refractivity (Wildman–Crippen MR) is 96.2 cm³/mol. The molecule has 0 spiro atoms. The number of alkyl halides is 3. The zero-order valence-electron chi connectivity index (χ0n) is 15.3. The van der Waals surface area contributed by atoms with Gasteiger partial charge in [0.05, 0.1) is 5.92 Å². The zero-order valence-corrected chi connectivity index (χ0v) is 16.1. The molecule has 0 saturated carbocycles. The number of carbonyl (C=O) groups is 1. The van der Waals surface area contributed by atoms with Crippen molar-refractivity contribution in [3.8, 4) is 0 Å². The number of rotatable bonds is 5. The van der Waals surface area contributed by atoms with Gasteiger partial charge in [-0.2, -0.15) is 17.5 Å². The second kappa shape index (κ2) is 8.24. The number of pyridine rings is 1. The summed E-state index contributed by atoms with van der Waals surface area (Å²) < 4.78 is 63.4. The molecule has 2 saturated heterocycles. The number of hydrogen-bond donors (Lipinski definition) is 1. The van der Waals surface area contributed by atoms with Gasteiger partial charge >= 0.3 is 6.18 Å². The second-order valence-electron chi connectivity index (χ2n) is 7.08. The molecule has 3 rings (SSSR count). The summed E-state index contributed by atoms with van der Waals surface area (Å²) in [6, 6.07) is 3.07. The number of anilines is 1. The average molecular weight is 420 g/mol. The average Bonchev–Trinajstić information content (AvgIpc) is 3.21. The SMILES string of the molecule is O=C(NCC(F)(F)F)C1CCCN(c2ccc(S(=O)(=O)N3CCCC3)cn2)C1. The maximum atomic E-state index is 12.5. The third kappa shape index (κ3) is 4.93. The van der Waals surface area contributed by atoms with E-state index in [1.165, 1.54) is 16.6 Å². The van der Waals surface area contributed by atoms with Crippen LogP contribution in [0.4, 0.5) is 19.0 Å². The van der Waals surface area contributed by atoms with Gasteiger partial charge in [0.2, 0.25) is 15.9 Å². The quantitative estimate of drug-likeness (QED) is 0.785. The smallest absolute Gasteiger partial charge is 0.356 e. The van der Waals surface area contributed by atoms with Crippen LogP contribution in [0, 0.1) is 5.92 Å². The van der Waals surface area contributed by atoms with Crippen LogP contribution in [0.15, 0.2) is 23.2 Å². The van der Waals surface area contributed by atoms with E-state index in [0.717, 1.165) is 12.8 Å². The van der Waals surface area contributed by atoms with Crippen LogP contribution in [0.25, 0.3) is 0 Å². The molecule has 1 N–H and O–H groups in total. The Labute approximate surface area is 162 Å². The van der Waals surface area contributed by atoms with E-state index >= 15 is 0 Å². The fourth-order valence-electron chi connectivity index (χ4n) is 3.52. The summed E-state index contributed by atoms with van der Waals surface area (Å²) in [4.78, 5) is 18.2. The lowest BCUT2D eigenvalue weighted by atomic mass is 9.97. The third-order valence-electron chi connectivity index (χ3n) is 5.00. The number of amides is 1. The van der Waals surface area contributed by atoms with E-state index < -0.39 is 34.6 Å². The minimum Gasteiger partial charge on any atom is -0.356 e. The number of halogens is 3. The molecule has 0 bridgehead atoms. The van der Waals surface area contributed by atoms with Crippen molar-refractivity contribution < 1.29 is 26.4 Å². The van der Waals surface area contributed by atoms with Crippen molar-refractivity contribution in [1.29, 1.82) is 0 Å². The molecule has 11 heteroatoms. The molecule has 3 heterocycles. The van der Waals surface area contributed by atoms with Gasteiger partial charge in [-0.15, -0.1) is 0 Å². The Balaban J connectivity index is 1.64. The molecule has 2 fully saturated rings. The monoisotopic (exact) mass is 420 g/mol. The molecule has 1 unspecified atom stereocenters. The topological polar surface area (TPSA) is 82.6 Å². The van der Waals surface area contributed by atoms with Crippen molar-refractivity contribution >= 4 is 21.7 Å². The fourth-order valence-corrected chi connectivity index (χ4v) is 4.98. The van der Waals surface area contributed by atoms with Gasteiger partial charge in [0.15, 0.2) is 0 Å². The predicted octanol–water partition coefficient (Wildman–Crippen LogP) is 1.76. The lowest BCUT2D eigenvalue weighted by Gasteiger charge is -2.33. The van der Waals surface area contributed by atoms with Crippen LogP contribution in [-0.2, 0) is 14.8 Å². The Kier molecular flexibility index (Phi) is 6.13. The van der Waals surface area contributed by atoms with E-state index in [1.54, 1.807) is 11.0 Å². The van der Waals surface area contributed by atoms with Gasteiger partial charge < -0.3 is 10.2 Å². The molecule has 2 aliphatic rings. The van der Waals surface area contributed by atoms with E-state index in [2.05, 4.69) is 4.98 Å². The highest BCUT2D eigenvalue weighted by atomic mass is 32.2. The van der Waals surface area contributed by atoms with Crippen LogP contribution in [0.5, 0.6) is 0 Å². The van der Waals surface area contributed by atoms with Crippen molar-refractivity contribution in [2.24, 2.45) is 5.92 Å². The zero-order chi connectivity index (χ0) is 20.4. The summed E-state index contributed by atoms with van der Waals surface area (Å²) >= 11 is 0. The van der Waals surface area contributed by atoms with Gasteiger partial charge in [0, 0.05) is 32.4 Å². The van der Waals surface area contributed by atoms with Crippen LogP contribution < -0.4 is 10.2 Å².